The lowest BCUT2D eigenvalue weighted by molar-refractivity contribution is -0.114. The van der Waals surface area contributed by atoms with Gasteiger partial charge in [0, 0.05) is 5.56 Å². The highest BCUT2D eigenvalue weighted by atomic mass is 16.6. The van der Waals surface area contributed by atoms with E-state index in [0.29, 0.717) is 6.61 Å². The fraction of sp³-hybridized carbons (Fsp3) is 0.182. The highest BCUT2D eigenvalue weighted by molar-refractivity contribution is 6.00. The number of carbonyl (C=O) groups is 1. The van der Waals surface area contributed by atoms with Crippen LogP contribution in [-0.2, 0) is 9.53 Å². The van der Waals surface area contributed by atoms with Crippen molar-refractivity contribution in [3.8, 4) is 11.8 Å². The number of rotatable bonds is 1. The van der Waals surface area contributed by atoms with Crippen LogP contribution in [-0.4, -0.2) is 18.5 Å². The second-order valence-electron chi connectivity index (χ2n) is 2.80. The highest BCUT2D eigenvalue weighted by Crippen LogP contribution is 2.08. The van der Waals surface area contributed by atoms with Gasteiger partial charge in [-0.2, -0.15) is 0 Å². The Labute approximate surface area is 76.5 Å². The maximum atomic E-state index is 11.1. The molecule has 2 nitrogen and oxygen atoms in total. The molecule has 0 aliphatic carbocycles. The first kappa shape index (κ1) is 8.03. The normalized spacial score (nSPS) is 18.6. The van der Waals surface area contributed by atoms with E-state index >= 15 is 0 Å². The summed E-state index contributed by atoms with van der Waals surface area (Å²) in [5.74, 6) is 5.21. The van der Waals surface area contributed by atoms with E-state index in [2.05, 4.69) is 11.8 Å². The molecule has 0 saturated carbocycles. The van der Waals surface area contributed by atoms with Crippen LogP contribution in [0.4, 0.5) is 0 Å². The van der Waals surface area contributed by atoms with Crippen molar-refractivity contribution >= 4 is 5.78 Å². The Morgan fingerprint density at radius 1 is 1.38 bits per heavy atom. The van der Waals surface area contributed by atoms with Crippen molar-refractivity contribution in [2.75, 3.05) is 6.61 Å². The number of hydrogen-bond acceptors (Lipinski definition) is 2. The van der Waals surface area contributed by atoms with E-state index in [1.54, 1.807) is 0 Å². The molecular weight excluding hydrogens is 164 g/mol. The molecule has 1 heterocycles. The Hall–Kier alpha value is -1.59. The first-order chi connectivity index (χ1) is 6.36. The minimum atomic E-state index is -0.254. The zero-order valence-corrected chi connectivity index (χ0v) is 6.99. The van der Waals surface area contributed by atoms with Gasteiger partial charge < -0.3 is 4.74 Å². The molecule has 0 spiro atoms. The van der Waals surface area contributed by atoms with Crippen LogP contribution in [0.15, 0.2) is 30.3 Å². The lowest BCUT2D eigenvalue weighted by atomic mass is 10.2. The molecule has 2 heteroatoms. The van der Waals surface area contributed by atoms with Crippen molar-refractivity contribution < 1.29 is 9.53 Å². The number of hydrogen-bond donors (Lipinski definition) is 0. The second-order valence-corrected chi connectivity index (χ2v) is 2.80. The zero-order chi connectivity index (χ0) is 9.10. The molecule has 1 saturated heterocycles. The van der Waals surface area contributed by atoms with Crippen LogP contribution in [0.25, 0.3) is 0 Å². The van der Waals surface area contributed by atoms with Crippen molar-refractivity contribution in [1.82, 2.24) is 0 Å². The molecule has 13 heavy (non-hydrogen) atoms. The Morgan fingerprint density at radius 3 is 2.69 bits per heavy atom. The molecule has 2 rings (SSSR count). The summed E-state index contributed by atoms with van der Waals surface area (Å²) in [6, 6.07) is 9.43. The highest BCUT2D eigenvalue weighted by Gasteiger charge is 2.29. The van der Waals surface area contributed by atoms with Gasteiger partial charge in [-0.25, -0.2) is 0 Å². The lowest BCUT2D eigenvalue weighted by Gasteiger charge is -1.85. The average molecular weight is 172 g/mol. The van der Waals surface area contributed by atoms with E-state index < -0.39 is 0 Å². The minimum absolute atomic E-state index is 0.121. The maximum Gasteiger partial charge on any atom is 0.236 e. The van der Waals surface area contributed by atoms with E-state index in [0.717, 1.165) is 5.56 Å². The first-order valence-electron chi connectivity index (χ1n) is 4.09. The third-order valence-electron chi connectivity index (χ3n) is 1.73. The first-order valence-corrected chi connectivity index (χ1v) is 4.09. The Bertz CT molecular complexity index is 366. The molecule has 0 aromatic heterocycles. The molecular formula is C11H8O2. The van der Waals surface area contributed by atoms with Gasteiger partial charge in [-0.05, 0) is 18.1 Å². The van der Waals surface area contributed by atoms with Gasteiger partial charge in [0.25, 0.3) is 0 Å². The standard InChI is InChI=1S/C11H8O2/c12-10(11-8-13-11)7-6-9-4-2-1-3-5-9/h1-5,11H,8H2. The fourth-order valence-corrected chi connectivity index (χ4v) is 0.935. The van der Waals surface area contributed by atoms with E-state index in [1.807, 2.05) is 30.3 Å². The van der Waals surface area contributed by atoms with Gasteiger partial charge in [0.2, 0.25) is 5.78 Å². The summed E-state index contributed by atoms with van der Waals surface area (Å²) in [4.78, 5) is 11.1. The van der Waals surface area contributed by atoms with Crippen LogP contribution in [0.2, 0.25) is 0 Å². The number of carbonyl (C=O) groups excluding carboxylic acids is 1. The summed E-state index contributed by atoms with van der Waals surface area (Å²) in [6.45, 7) is 0.530. The molecule has 64 valence electrons. The van der Waals surface area contributed by atoms with E-state index in [9.17, 15) is 4.79 Å². The largest absolute Gasteiger partial charge is 0.364 e. The molecule has 1 aliphatic heterocycles. The number of ether oxygens (including phenoxy) is 1. The van der Waals surface area contributed by atoms with Crippen LogP contribution in [0.5, 0.6) is 0 Å². The number of benzene rings is 1. The smallest absolute Gasteiger partial charge is 0.236 e. The summed E-state index contributed by atoms with van der Waals surface area (Å²) < 4.78 is 4.81. The quantitative estimate of drug-likeness (QED) is 0.467. The van der Waals surface area contributed by atoms with Gasteiger partial charge in [-0.15, -0.1) is 0 Å². The van der Waals surface area contributed by atoms with E-state index in [4.69, 9.17) is 4.74 Å². The van der Waals surface area contributed by atoms with Crippen molar-refractivity contribution in [2.45, 2.75) is 6.10 Å². The molecule has 1 aromatic rings. The molecule has 0 N–H and O–H groups in total. The van der Waals surface area contributed by atoms with Gasteiger partial charge in [0.1, 0.15) is 0 Å². The van der Waals surface area contributed by atoms with E-state index in [1.165, 1.54) is 0 Å². The van der Waals surface area contributed by atoms with Gasteiger partial charge in [-0.3, -0.25) is 4.79 Å². The number of epoxide rings is 1. The van der Waals surface area contributed by atoms with Crippen LogP contribution >= 0.6 is 0 Å². The van der Waals surface area contributed by atoms with Crippen molar-refractivity contribution in [2.24, 2.45) is 0 Å². The summed E-state index contributed by atoms with van der Waals surface area (Å²) >= 11 is 0. The second kappa shape index (κ2) is 3.42. The van der Waals surface area contributed by atoms with Gasteiger partial charge >= 0.3 is 0 Å². The summed E-state index contributed by atoms with van der Waals surface area (Å²) in [6.07, 6.45) is -0.254. The van der Waals surface area contributed by atoms with Gasteiger partial charge in [-0.1, -0.05) is 24.1 Å². The SMILES string of the molecule is O=C(C#Cc1ccccc1)C1CO1. The lowest BCUT2D eigenvalue weighted by Crippen LogP contribution is -2.01. The molecule has 1 unspecified atom stereocenters. The van der Waals surface area contributed by atoms with Crippen molar-refractivity contribution in [1.29, 1.82) is 0 Å². The fourth-order valence-electron chi connectivity index (χ4n) is 0.935. The zero-order valence-electron chi connectivity index (χ0n) is 6.99. The predicted octanol–water partition coefficient (Wildman–Crippen LogP) is 1.01. The monoisotopic (exact) mass is 172 g/mol. The number of Topliss-reactive ketones (excluding diaryl/α,β-unsaturated/α-hetero) is 1. The van der Waals surface area contributed by atoms with E-state index in [-0.39, 0.29) is 11.9 Å². The predicted molar refractivity (Wildman–Crippen MR) is 48.1 cm³/mol. The van der Waals surface area contributed by atoms with Crippen LogP contribution in [0.1, 0.15) is 5.56 Å². The minimum Gasteiger partial charge on any atom is -0.364 e. The van der Waals surface area contributed by atoms with Crippen molar-refractivity contribution in [3.63, 3.8) is 0 Å². The molecule has 1 aliphatic rings. The van der Waals surface area contributed by atoms with Crippen molar-refractivity contribution in [3.05, 3.63) is 35.9 Å². The topological polar surface area (TPSA) is 29.6 Å². The van der Waals surface area contributed by atoms with Gasteiger partial charge in [0.15, 0.2) is 6.10 Å². The maximum absolute atomic E-state index is 11.1. The molecule has 1 atom stereocenters. The van der Waals surface area contributed by atoms with Crippen LogP contribution in [0.3, 0.4) is 0 Å². The molecule has 0 bridgehead atoms. The molecule has 0 amide bonds. The average Bonchev–Trinajstić information content (AvgIpc) is 2.99. The molecule has 0 radical (unpaired) electrons. The molecule has 1 fully saturated rings. The number of ketones is 1. The summed E-state index contributed by atoms with van der Waals surface area (Å²) in [5, 5.41) is 0. The van der Waals surface area contributed by atoms with Crippen LogP contribution < -0.4 is 0 Å². The molecule has 1 aromatic carbocycles. The Morgan fingerprint density at radius 2 is 2.08 bits per heavy atom. The summed E-state index contributed by atoms with van der Waals surface area (Å²) in [7, 11) is 0. The van der Waals surface area contributed by atoms with Gasteiger partial charge in [0.05, 0.1) is 6.61 Å². The summed E-state index contributed by atoms with van der Waals surface area (Å²) in [5.41, 5.74) is 0.858. The van der Waals surface area contributed by atoms with Crippen LogP contribution in [0, 0.1) is 11.8 Å². The third-order valence-corrected chi connectivity index (χ3v) is 1.73. The Balaban J connectivity index is 2.07. The third kappa shape index (κ3) is 2.17. The Kier molecular flexibility index (Phi) is 2.11.